The molecule has 0 aliphatic rings. The molecule has 0 bridgehead atoms. The zero-order valence-electron chi connectivity index (χ0n) is 10.6. The maximum absolute atomic E-state index is 11.4. The fourth-order valence-corrected chi connectivity index (χ4v) is 2.08. The van der Waals surface area contributed by atoms with Crippen LogP contribution in [0.15, 0.2) is 64.2 Å². The van der Waals surface area contributed by atoms with Gasteiger partial charge in [-0.1, -0.05) is 42.5 Å². The van der Waals surface area contributed by atoms with Crippen LogP contribution in [0.1, 0.15) is 0 Å². The number of nitrogen functional groups attached to an aromatic ring is 1. The Morgan fingerprint density at radius 2 is 1.50 bits per heavy atom. The van der Waals surface area contributed by atoms with E-state index in [1.807, 2.05) is 54.6 Å². The summed E-state index contributed by atoms with van der Waals surface area (Å²) in [4.78, 5) is 22.5. The summed E-state index contributed by atoms with van der Waals surface area (Å²) in [5.74, 6) is 0. The van der Waals surface area contributed by atoms with Gasteiger partial charge in [0.25, 0.3) is 10.9 Å². The first-order chi connectivity index (χ1) is 9.66. The van der Waals surface area contributed by atoms with E-state index in [-0.39, 0.29) is 11.4 Å². The van der Waals surface area contributed by atoms with Crippen molar-refractivity contribution in [3.8, 4) is 11.1 Å². The van der Waals surface area contributed by atoms with Crippen molar-refractivity contribution < 1.29 is 0 Å². The molecular formula is C16H12N2O2. The van der Waals surface area contributed by atoms with Crippen molar-refractivity contribution in [2.75, 3.05) is 11.1 Å². The van der Waals surface area contributed by atoms with Gasteiger partial charge in [-0.2, -0.15) is 0 Å². The van der Waals surface area contributed by atoms with Crippen LogP contribution in [0, 0.1) is 0 Å². The molecule has 0 aliphatic carbocycles. The van der Waals surface area contributed by atoms with Crippen molar-refractivity contribution in [1.82, 2.24) is 0 Å². The molecular weight excluding hydrogens is 252 g/mol. The highest BCUT2D eigenvalue weighted by Gasteiger charge is 2.17. The predicted octanol–water partition coefficient (Wildman–Crippen LogP) is 2.28. The maximum atomic E-state index is 11.4. The Labute approximate surface area is 115 Å². The van der Waals surface area contributed by atoms with Gasteiger partial charge in [-0.25, -0.2) is 0 Å². The van der Waals surface area contributed by atoms with Crippen LogP contribution in [0.3, 0.4) is 0 Å². The Hall–Kier alpha value is -2.88. The fourth-order valence-electron chi connectivity index (χ4n) is 2.08. The molecule has 0 spiro atoms. The highest BCUT2D eigenvalue weighted by Crippen LogP contribution is 2.24. The minimum absolute atomic E-state index is 0.000106. The first-order valence-corrected chi connectivity index (χ1v) is 6.18. The first kappa shape index (κ1) is 12.2. The molecule has 0 atom stereocenters. The number of hydrogen-bond donors (Lipinski definition) is 2. The molecule has 0 aromatic heterocycles. The van der Waals surface area contributed by atoms with Crippen LogP contribution >= 0.6 is 0 Å². The van der Waals surface area contributed by atoms with E-state index in [2.05, 4.69) is 5.32 Å². The monoisotopic (exact) mass is 264 g/mol. The van der Waals surface area contributed by atoms with Crippen LogP contribution in [0.25, 0.3) is 11.1 Å². The highest BCUT2D eigenvalue weighted by molar-refractivity contribution is 5.78. The third kappa shape index (κ3) is 1.97. The largest absolute Gasteiger partial charge is 0.394 e. The summed E-state index contributed by atoms with van der Waals surface area (Å²) in [6.07, 6.45) is 0. The Bertz CT molecular complexity index is 831. The molecule has 4 nitrogen and oxygen atoms in total. The zero-order valence-corrected chi connectivity index (χ0v) is 10.6. The Kier molecular flexibility index (Phi) is 2.84. The second kappa shape index (κ2) is 4.66. The van der Waals surface area contributed by atoms with Gasteiger partial charge in [-0.15, -0.1) is 0 Å². The van der Waals surface area contributed by atoms with Gasteiger partial charge < -0.3 is 11.1 Å². The van der Waals surface area contributed by atoms with E-state index in [0.717, 1.165) is 16.8 Å². The van der Waals surface area contributed by atoms with Gasteiger partial charge in [0.15, 0.2) is 0 Å². The van der Waals surface area contributed by atoms with E-state index in [0.29, 0.717) is 0 Å². The Morgan fingerprint density at radius 3 is 2.20 bits per heavy atom. The minimum Gasteiger partial charge on any atom is -0.394 e. The summed E-state index contributed by atoms with van der Waals surface area (Å²) >= 11 is 0. The average molecular weight is 264 g/mol. The molecule has 0 amide bonds. The average Bonchev–Trinajstić information content (AvgIpc) is 2.52. The van der Waals surface area contributed by atoms with E-state index in [9.17, 15) is 9.59 Å². The van der Waals surface area contributed by atoms with E-state index >= 15 is 0 Å². The molecule has 0 saturated carbocycles. The molecule has 3 rings (SSSR count). The van der Waals surface area contributed by atoms with Crippen molar-refractivity contribution in [1.29, 1.82) is 0 Å². The van der Waals surface area contributed by atoms with Crippen LogP contribution in [0.4, 0.5) is 17.1 Å². The zero-order chi connectivity index (χ0) is 14.1. The van der Waals surface area contributed by atoms with Crippen LogP contribution in [-0.2, 0) is 0 Å². The lowest BCUT2D eigenvalue weighted by Crippen LogP contribution is -2.36. The number of rotatable bonds is 3. The number of hydrogen-bond acceptors (Lipinski definition) is 4. The molecule has 0 radical (unpaired) electrons. The highest BCUT2D eigenvalue weighted by atomic mass is 16.2. The minimum atomic E-state index is -0.619. The van der Waals surface area contributed by atoms with Crippen molar-refractivity contribution >= 4 is 17.1 Å². The maximum Gasteiger partial charge on any atom is 0.253 e. The normalized spacial score (nSPS) is 10.6. The first-order valence-electron chi connectivity index (χ1n) is 6.18. The van der Waals surface area contributed by atoms with Gasteiger partial charge in [0.1, 0.15) is 11.4 Å². The van der Waals surface area contributed by atoms with Crippen LogP contribution in [0.2, 0.25) is 0 Å². The van der Waals surface area contributed by atoms with Crippen molar-refractivity contribution in [2.24, 2.45) is 0 Å². The van der Waals surface area contributed by atoms with Crippen molar-refractivity contribution in [2.45, 2.75) is 0 Å². The summed E-state index contributed by atoms with van der Waals surface area (Å²) in [5.41, 5.74) is 7.33. The standard InChI is InChI=1S/C16H12N2O2/c17-13-14(16(20)15(13)19)18-12-8-4-7-11(9-12)10-5-2-1-3-6-10/h1-9,18H,17H2. The van der Waals surface area contributed by atoms with Crippen molar-refractivity contribution in [3.05, 3.63) is 75.0 Å². The molecule has 4 heteroatoms. The Balaban J connectivity index is 1.93. The second-order valence-corrected chi connectivity index (χ2v) is 4.52. The van der Waals surface area contributed by atoms with Gasteiger partial charge in [-0.05, 0) is 23.3 Å². The molecule has 98 valence electrons. The summed E-state index contributed by atoms with van der Waals surface area (Å²) in [6.45, 7) is 0. The van der Waals surface area contributed by atoms with Gasteiger partial charge in [0.2, 0.25) is 0 Å². The molecule has 20 heavy (non-hydrogen) atoms. The van der Waals surface area contributed by atoms with Gasteiger partial charge in [0.05, 0.1) is 0 Å². The molecule has 0 heterocycles. The van der Waals surface area contributed by atoms with Crippen molar-refractivity contribution in [3.63, 3.8) is 0 Å². The summed E-state index contributed by atoms with van der Waals surface area (Å²) < 4.78 is 0. The molecule has 3 aromatic rings. The van der Waals surface area contributed by atoms with Crippen LogP contribution in [-0.4, -0.2) is 0 Å². The Morgan fingerprint density at radius 1 is 0.800 bits per heavy atom. The topological polar surface area (TPSA) is 72.2 Å². The van der Waals surface area contributed by atoms with Gasteiger partial charge >= 0.3 is 0 Å². The number of nitrogens with two attached hydrogens (primary N) is 1. The lowest BCUT2D eigenvalue weighted by Gasteiger charge is -2.11. The predicted molar refractivity (Wildman–Crippen MR) is 80.9 cm³/mol. The summed E-state index contributed by atoms with van der Waals surface area (Å²) in [5, 5.41) is 2.90. The SMILES string of the molecule is Nc1c(Nc2cccc(-c3ccccc3)c2)c(=O)c1=O. The smallest absolute Gasteiger partial charge is 0.253 e. The quantitative estimate of drug-likeness (QED) is 0.712. The van der Waals surface area contributed by atoms with E-state index in [4.69, 9.17) is 5.73 Å². The van der Waals surface area contributed by atoms with Gasteiger partial charge in [0, 0.05) is 5.69 Å². The molecule has 0 saturated heterocycles. The lowest BCUT2D eigenvalue weighted by molar-refractivity contribution is 1.39. The van der Waals surface area contributed by atoms with E-state index in [1.165, 1.54) is 0 Å². The van der Waals surface area contributed by atoms with E-state index in [1.54, 1.807) is 0 Å². The third-order valence-electron chi connectivity index (χ3n) is 3.19. The molecule has 0 aliphatic heterocycles. The lowest BCUT2D eigenvalue weighted by atomic mass is 10.1. The number of anilines is 3. The molecule has 3 N–H and O–H groups in total. The third-order valence-corrected chi connectivity index (χ3v) is 3.19. The summed E-state index contributed by atoms with van der Waals surface area (Å²) in [6, 6.07) is 17.5. The van der Waals surface area contributed by atoms with E-state index < -0.39 is 10.9 Å². The van der Waals surface area contributed by atoms with Gasteiger partial charge in [-0.3, -0.25) is 9.59 Å². The van der Waals surface area contributed by atoms with Crippen LogP contribution < -0.4 is 21.9 Å². The molecule has 0 unspecified atom stereocenters. The second-order valence-electron chi connectivity index (χ2n) is 4.52. The van der Waals surface area contributed by atoms with Crippen LogP contribution in [0.5, 0.6) is 0 Å². The molecule has 3 aromatic carbocycles. The number of nitrogens with one attached hydrogen (secondary N) is 1. The molecule has 0 fully saturated rings. The fraction of sp³-hybridized carbons (Fsp3) is 0. The number of benzene rings is 2. The summed E-state index contributed by atoms with van der Waals surface area (Å²) in [7, 11) is 0.